The lowest BCUT2D eigenvalue weighted by Gasteiger charge is -2.33. The van der Waals surface area contributed by atoms with Crippen LogP contribution in [-0.2, 0) is 6.42 Å². The minimum absolute atomic E-state index is 0.0124. The Hall–Kier alpha value is -2.41. The molecule has 1 aliphatic heterocycles. The van der Waals surface area contributed by atoms with Crippen molar-refractivity contribution in [1.82, 2.24) is 9.97 Å². The standard InChI is InChI=1S/C21H18F3N3S/c1-21(2)9-15(7-12-3-6-17(23)25-10-12)27-20(28-21)14-8-13-4-5-16(22)18(24)19(13)26-11-14/h3-6,8,10-11,15H,7,9H2,1-2H3. The van der Waals surface area contributed by atoms with E-state index in [2.05, 4.69) is 23.8 Å². The first-order chi connectivity index (χ1) is 13.3. The van der Waals surface area contributed by atoms with Gasteiger partial charge >= 0.3 is 0 Å². The second-order valence-corrected chi connectivity index (χ2v) is 9.20. The molecule has 3 aromatic rings. The number of fused-ring (bicyclic) bond motifs is 1. The first-order valence-electron chi connectivity index (χ1n) is 8.92. The first kappa shape index (κ1) is 18.9. The van der Waals surface area contributed by atoms with Gasteiger partial charge in [0.2, 0.25) is 5.95 Å². The fraction of sp³-hybridized carbons (Fsp3) is 0.286. The van der Waals surface area contributed by atoms with Crippen LogP contribution in [0.3, 0.4) is 0 Å². The lowest BCUT2D eigenvalue weighted by molar-refractivity contribution is 0.515. The molecule has 1 atom stereocenters. The molecule has 0 radical (unpaired) electrons. The summed E-state index contributed by atoms with van der Waals surface area (Å²) in [5.41, 5.74) is 1.71. The molecule has 4 rings (SSSR count). The van der Waals surface area contributed by atoms with Gasteiger partial charge in [0.05, 0.1) is 6.04 Å². The van der Waals surface area contributed by atoms with Gasteiger partial charge in [-0.2, -0.15) is 4.39 Å². The monoisotopic (exact) mass is 401 g/mol. The Morgan fingerprint density at radius 3 is 2.64 bits per heavy atom. The number of nitrogens with zero attached hydrogens (tertiary/aromatic N) is 3. The summed E-state index contributed by atoms with van der Waals surface area (Å²) in [7, 11) is 0. The van der Waals surface area contributed by atoms with Gasteiger partial charge in [-0.1, -0.05) is 31.7 Å². The topological polar surface area (TPSA) is 38.1 Å². The average Bonchev–Trinajstić information content (AvgIpc) is 2.65. The van der Waals surface area contributed by atoms with E-state index < -0.39 is 17.6 Å². The molecule has 144 valence electrons. The molecule has 0 saturated carbocycles. The zero-order valence-electron chi connectivity index (χ0n) is 15.4. The molecular weight excluding hydrogens is 383 g/mol. The van der Waals surface area contributed by atoms with Gasteiger partial charge in [0.1, 0.15) is 10.6 Å². The van der Waals surface area contributed by atoms with Crippen molar-refractivity contribution in [2.75, 3.05) is 0 Å². The van der Waals surface area contributed by atoms with Crippen molar-refractivity contribution in [3.05, 3.63) is 71.4 Å². The molecule has 0 spiro atoms. The third-order valence-corrected chi connectivity index (χ3v) is 5.90. The van der Waals surface area contributed by atoms with Gasteiger partial charge in [0.25, 0.3) is 0 Å². The van der Waals surface area contributed by atoms with Gasteiger partial charge < -0.3 is 0 Å². The highest BCUT2D eigenvalue weighted by Gasteiger charge is 2.31. The number of aromatic nitrogens is 2. The molecule has 0 fully saturated rings. The normalized spacial score (nSPS) is 18.9. The van der Waals surface area contributed by atoms with Crippen molar-refractivity contribution in [2.45, 2.75) is 37.5 Å². The Morgan fingerprint density at radius 1 is 1.07 bits per heavy atom. The molecule has 0 bridgehead atoms. The van der Waals surface area contributed by atoms with Crippen LogP contribution in [0, 0.1) is 17.6 Å². The highest BCUT2D eigenvalue weighted by atomic mass is 32.2. The molecule has 2 aromatic heterocycles. The highest BCUT2D eigenvalue weighted by Crippen LogP contribution is 2.39. The summed E-state index contributed by atoms with van der Waals surface area (Å²) in [5, 5.41) is 1.35. The number of pyridine rings is 2. The van der Waals surface area contributed by atoms with Crippen LogP contribution in [0.15, 0.2) is 47.7 Å². The number of hydrogen-bond donors (Lipinski definition) is 0. The van der Waals surface area contributed by atoms with Crippen molar-refractivity contribution < 1.29 is 13.2 Å². The van der Waals surface area contributed by atoms with Crippen molar-refractivity contribution in [2.24, 2.45) is 4.99 Å². The maximum atomic E-state index is 13.9. The highest BCUT2D eigenvalue weighted by molar-refractivity contribution is 8.15. The smallest absolute Gasteiger partial charge is 0.212 e. The van der Waals surface area contributed by atoms with E-state index in [1.54, 1.807) is 23.9 Å². The molecule has 3 heterocycles. The lowest BCUT2D eigenvalue weighted by atomic mass is 9.97. The van der Waals surface area contributed by atoms with Crippen LogP contribution >= 0.6 is 11.8 Å². The Balaban J connectivity index is 1.68. The quantitative estimate of drug-likeness (QED) is 0.558. The molecule has 3 nitrogen and oxygen atoms in total. The van der Waals surface area contributed by atoms with E-state index in [-0.39, 0.29) is 16.3 Å². The van der Waals surface area contributed by atoms with Crippen molar-refractivity contribution in [3.8, 4) is 0 Å². The molecule has 7 heteroatoms. The molecule has 1 aromatic carbocycles. The van der Waals surface area contributed by atoms with Crippen LogP contribution in [0.5, 0.6) is 0 Å². The number of benzene rings is 1. The summed E-state index contributed by atoms with van der Waals surface area (Å²) in [6.45, 7) is 4.29. The Kier molecular flexibility index (Phi) is 4.87. The van der Waals surface area contributed by atoms with Crippen LogP contribution < -0.4 is 0 Å². The predicted octanol–water partition coefficient (Wildman–Crippen LogP) is 5.32. The Bertz CT molecular complexity index is 1060. The third-order valence-electron chi connectivity index (χ3n) is 4.65. The number of thioether (sulfide) groups is 1. The first-order valence-corrected chi connectivity index (χ1v) is 9.74. The fourth-order valence-corrected chi connectivity index (χ4v) is 4.65. The van der Waals surface area contributed by atoms with Crippen molar-refractivity contribution >= 4 is 27.7 Å². The largest absolute Gasteiger partial charge is 0.274 e. The summed E-state index contributed by atoms with van der Waals surface area (Å²) in [6, 6.07) is 7.50. The zero-order chi connectivity index (χ0) is 19.9. The summed E-state index contributed by atoms with van der Waals surface area (Å²) < 4.78 is 40.3. The lowest BCUT2D eigenvalue weighted by Crippen LogP contribution is -2.31. The summed E-state index contributed by atoms with van der Waals surface area (Å²) in [5.74, 6) is -2.35. The molecule has 1 aliphatic rings. The second-order valence-electron chi connectivity index (χ2n) is 7.50. The number of rotatable bonds is 3. The van der Waals surface area contributed by atoms with Gasteiger partial charge in [-0.25, -0.2) is 13.8 Å². The second kappa shape index (κ2) is 7.20. The maximum absolute atomic E-state index is 13.9. The van der Waals surface area contributed by atoms with Gasteiger partial charge in [-0.3, -0.25) is 9.98 Å². The average molecular weight is 401 g/mol. The summed E-state index contributed by atoms with van der Waals surface area (Å²) in [4.78, 5) is 12.7. The van der Waals surface area contributed by atoms with Gasteiger partial charge in [0.15, 0.2) is 11.6 Å². The summed E-state index contributed by atoms with van der Waals surface area (Å²) >= 11 is 1.64. The van der Waals surface area contributed by atoms with E-state index >= 15 is 0 Å². The number of halogens is 3. The molecule has 0 N–H and O–H groups in total. The minimum atomic E-state index is -0.940. The van der Waals surface area contributed by atoms with E-state index in [4.69, 9.17) is 4.99 Å². The van der Waals surface area contributed by atoms with Crippen molar-refractivity contribution in [1.29, 1.82) is 0 Å². The van der Waals surface area contributed by atoms with E-state index in [9.17, 15) is 13.2 Å². The van der Waals surface area contributed by atoms with E-state index in [0.29, 0.717) is 11.8 Å². The van der Waals surface area contributed by atoms with E-state index in [0.717, 1.165) is 28.7 Å². The van der Waals surface area contributed by atoms with Gasteiger partial charge in [0, 0.05) is 28.1 Å². The van der Waals surface area contributed by atoms with Crippen molar-refractivity contribution in [3.63, 3.8) is 0 Å². The molecular formula is C21H18F3N3S. The minimum Gasteiger partial charge on any atom is -0.274 e. The van der Waals surface area contributed by atoms with Gasteiger partial charge in [-0.15, -0.1) is 0 Å². The van der Waals surface area contributed by atoms with Crippen LogP contribution in [0.2, 0.25) is 0 Å². The predicted molar refractivity (Wildman–Crippen MR) is 106 cm³/mol. The molecule has 0 amide bonds. The SMILES string of the molecule is CC1(C)CC(Cc2ccc(F)nc2)N=C(c2cnc3c(F)c(F)ccc3c2)S1. The molecule has 28 heavy (non-hydrogen) atoms. The van der Waals surface area contributed by atoms with Gasteiger partial charge in [-0.05, 0) is 42.7 Å². The van der Waals surface area contributed by atoms with E-state index in [1.807, 2.05) is 0 Å². The molecule has 0 aliphatic carbocycles. The molecule has 1 unspecified atom stereocenters. The Labute approximate surface area is 165 Å². The molecule has 0 saturated heterocycles. The summed E-state index contributed by atoms with van der Waals surface area (Å²) in [6.07, 6.45) is 4.59. The number of aliphatic imine (C=N–C) groups is 1. The van der Waals surface area contributed by atoms with Crippen LogP contribution in [0.25, 0.3) is 10.9 Å². The van der Waals surface area contributed by atoms with Crippen LogP contribution in [0.1, 0.15) is 31.4 Å². The van der Waals surface area contributed by atoms with E-state index in [1.165, 1.54) is 24.5 Å². The van der Waals surface area contributed by atoms with Crippen LogP contribution in [0.4, 0.5) is 13.2 Å². The maximum Gasteiger partial charge on any atom is 0.212 e. The van der Waals surface area contributed by atoms with Crippen LogP contribution in [-0.4, -0.2) is 25.8 Å². The zero-order valence-corrected chi connectivity index (χ0v) is 16.2. The Morgan fingerprint density at radius 2 is 1.89 bits per heavy atom. The number of hydrogen-bond acceptors (Lipinski definition) is 4. The fourth-order valence-electron chi connectivity index (χ4n) is 3.42. The third kappa shape index (κ3) is 3.90.